The van der Waals surface area contributed by atoms with Crippen LogP contribution in [0.3, 0.4) is 0 Å². The first-order chi connectivity index (χ1) is 9.96. The Bertz CT molecular complexity index is 470. The summed E-state index contributed by atoms with van der Waals surface area (Å²) in [6.45, 7) is -0.493. The van der Waals surface area contributed by atoms with E-state index in [0.717, 1.165) is 0 Å². The minimum Gasteiger partial charge on any atom is -0.493 e. The van der Waals surface area contributed by atoms with Crippen LogP contribution in [0.4, 0.5) is 14.5 Å². The van der Waals surface area contributed by atoms with Crippen LogP contribution in [0.25, 0.3) is 0 Å². The Hall–Kier alpha value is -1.89. The molecule has 0 aromatic heterocycles. The molecule has 0 aliphatic heterocycles. The van der Waals surface area contributed by atoms with Crippen molar-refractivity contribution in [3.05, 3.63) is 18.2 Å². The summed E-state index contributed by atoms with van der Waals surface area (Å²) >= 11 is 0. The normalized spacial score (nSPS) is 12.1. The van der Waals surface area contributed by atoms with Crippen LogP contribution in [-0.4, -0.2) is 26.2 Å². The molecule has 1 atom stereocenters. The number of anilines is 1. The number of halogens is 2. The number of nitrogens with two attached hydrogens (primary N) is 1. The maximum Gasteiger partial charge on any atom is 0.387 e. The number of carbonyl (C=O) groups is 1. The van der Waals surface area contributed by atoms with Crippen LogP contribution in [0.2, 0.25) is 0 Å². The lowest BCUT2D eigenvalue weighted by molar-refractivity contribution is -0.116. The molecular weight excluding hydrogens is 282 g/mol. The van der Waals surface area contributed by atoms with E-state index in [1.165, 1.54) is 19.2 Å². The number of hydrogen-bond acceptors (Lipinski definition) is 4. The summed E-state index contributed by atoms with van der Waals surface area (Å²) in [5.41, 5.74) is 5.85. The maximum absolute atomic E-state index is 12.3. The third-order valence-electron chi connectivity index (χ3n) is 2.93. The van der Waals surface area contributed by atoms with E-state index in [9.17, 15) is 13.6 Å². The van der Waals surface area contributed by atoms with Gasteiger partial charge in [-0.1, -0.05) is 6.92 Å². The molecule has 0 fully saturated rings. The van der Waals surface area contributed by atoms with Crippen LogP contribution in [0.5, 0.6) is 11.5 Å². The molecule has 0 aliphatic rings. The summed E-state index contributed by atoms with van der Waals surface area (Å²) in [6.07, 6.45) is 0.980. The third kappa shape index (κ3) is 5.95. The van der Waals surface area contributed by atoms with E-state index in [1.807, 2.05) is 6.92 Å². The maximum atomic E-state index is 12.3. The molecule has 0 aliphatic carbocycles. The van der Waals surface area contributed by atoms with Crippen LogP contribution in [-0.2, 0) is 4.79 Å². The van der Waals surface area contributed by atoms with Gasteiger partial charge < -0.3 is 20.5 Å². The standard InChI is InChI=1S/C14H20F2N2O3/c1-9(8-17)3-6-13(19)18-10-4-5-11(20-2)12(7-10)21-14(15)16/h4-5,7,9,14H,3,6,8,17H2,1-2H3,(H,18,19). The van der Waals surface area contributed by atoms with E-state index in [2.05, 4.69) is 10.1 Å². The summed E-state index contributed by atoms with van der Waals surface area (Å²) in [7, 11) is 1.35. The number of hydrogen-bond donors (Lipinski definition) is 2. The van der Waals surface area contributed by atoms with Gasteiger partial charge in [0.25, 0.3) is 0 Å². The lowest BCUT2D eigenvalue weighted by atomic mass is 10.1. The molecule has 1 aromatic rings. The van der Waals surface area contributed by atoms with Gasteiger partial charge in [-0.05, 0) is 31.0 Å². The van der Waals surface area contributed by atoms with Crippen LogP contribution in [0, 0.1) is 5.92 Å². The van der Waals surface area contributed by atoms with Gasteiger partial charge in [0.15, 0.2) is 11.5 Å². The highest BCUT2D eigenvalue weighted by molar-refractivity contribution is 5.91. The lowest BCUT2D eigenvalue weighted by Gasteiger charge is -2.13. The third-order valence-corrected chi connectivity index (χ3v) is 2.93. The Labute approximate surface area is 122 Å². The van der Waals surface area contributed by atoms with E-state index >= 15 is 0 Å². The molecule has 21 heavy (non-hydrogen) atoms. The molecule has 5 nitrogen and oxygen atoms in total. The zero-order valence-electron chi connectivity index (χ0n) is 12.1. The summed E-state index contributed by atoms with van der Waals surface area (Å²) in [6, 6.07) is 4.31. The SMILES string of the molecule is COc1ccc(NC(=O)CCC(C)CN)cc1OC(F)F. The van der Waals surface area contributed by atoms with Crippen molar-refractivity contribution in [2.24, 2.45) is 11.7 Å². The van der Waals surface area contributed by atoms with Crippen molar-refractivity contribution in [3.63, 3.8) is 0 Å². The van der Waals surface area contributed by atoms with E-state index in [1.54, 1.807) is 6.07 Å². The Morgan fingerprint density at radius 2 is 2.10 bits per heavy atom. The molecule has 0 saturated carbocycles. The molecule has 0 saturated heterocycles. The smallest absolute Gasteiger partial charge is 0.387 e. The average molecular weight is 302 g/mol. The van der Waals surface area contributed by atoms with Crippen molar-refractivity contribution < 1.29 is 23.0 Å². The summed E-state index contributed by atoms with van der Waals surface area (Å²) in [4.78, 5) is 11.7. The van der Waals surface area contributed by atoms with Crippen LogP contribution in [0.15, 0.2) is 18.2 Å². The minimum atomic E-state index is -2.96. The van der Waals surface area contributed by atoms with Gasteiger partial charge in [0.1, 0.15) is 0 Å². The molecule has 0 bridgehead atoms. The highest BCUT2D eigenvalue weighted by Crippen LogP contribution is 2.31. The van der Waals surface area contributed by atoms with E-state index in [0.29, 0.717) is 25.1 Å². The largest absolute Gasteiger partial charge is 0.493 e. The number of rotatable bonds is 8. The van der Waals surface area contributed by atoms with Crippen molar-refractivity contribution in [2.75, 3.05) is 19.0 Å². The average Bonchev–Trinajstić information content (AvgIpc) is 2.44. The lowest BCUT2D eigenvalue weighted by Crippen LogP contribution is -2.16. The molecule has 0 heterocycles. The number of benzene rings is 1. The first-order valence-corrected chi connectivity index (χ1v) is 6.59. The molecule has 1 aromatic carbocycles. The van der Waals surface area contributed by atoms with Crippen molar-refractivity contribution >= 4 is 11.6 Å². The van der Waals surface area contributed by atoms with Crippen molar-refractivity contribution in [1.82, 2.24) is 0 Å². The van der Waals surface area contributed by atoms with Gasteiger partial charge >= 0.3 is 6.61 Å². The van der Waals surface area contributed by atoms with Gasteiger partial charge in [-0.3, -0.25) is 4.79 Å². The first kappa shape index (κ1) is 17.2. The Morgan fingerprint density at radius 3 is 2.67 bits per heavy atom. The van der Waals surface area contributed by atoms with E-state index < -0.39 is 6.61 Å². The van der Waals surface area contributed by atoms with E-state index in [-0.39, 0.29) is 23.3 Å². The molecule has 1 rings (SSSR count). The van der Waals surface area contributed by atoms with Crippen molar-refractivity contribution in [1.29, 1.82) is 0 Å². The van der Waals surface area contributed by atoms with Gasteiger partial charge in [0.2, 0.25) is 5.91 Å². The number of methoxy groups -OCH3 is 1. The monoisotopic (exact) mass is 302 g/mol. The van der Waals surface area contributed by atoms with Gasteiger partial charge in [-0.15, -0.1) is 0 Å². The Balaban J connectivity index is 2.68. The number of nitrogens with one attached hydrogen (secondary N) is 1. The molecule has 0 radical (unpaired) electrons. The second-order valence-electron chi connectivity index (χ2n) is 4.67. The number of ether oxygens (including phenoxy) is 2. The van der Waals surface area contributed by atoms with E-state index in [4.69, 9.17) is 10.5 Å². The molecule has 1 unspecified atom stereocenters. The topological polar surface area (TPSA) is 73.6 Å². The fourth-order valence-electron chi connectivity index (χ4n) is 1.66. The molecule has 1 amide bonds. The molecule has 3 N–H and O–H groups in total. The van der Waals surface area contributed by atoms with Crippen LogP contribution in [0.1, 0.15) is 19.8 Å². The number of alkyl halides is 2. The Kier molecular flexibility index (Phi) is 6.87. The highest BCUT2D eigenvalue weighted by Gasteiger charge is 2.12. The van der Waals surface area contributed by atoms with Crippen LogP contribution >= 0.6 is 0 Å². The predicted molar refractivity (Wildman–Crippen MR) is 75.7 cm³/mol. The zero-order chi connectivity index (χ0) is 15.8. The van der Waals surface area contributed by atoms with Crippen LogP contribution < -0.4 is 20.5 Å². The zero-order valence-corrected chi connectivity index (χ0v) is 12.1. The minimum absolute atomic E-state index is 0.124. The number of carbonyl (C=O) groups excluding carboxylic acids is 1. The van der Waals surface area contributed by atoms with Gasteiger partial charge in [0.05, 0.1) is 7.11 Å². The fraction of sp³-hybridized carbons (Fsp3) is 0.500. The quantitative estimate of drug-likeness (QED) is 0.774. The molecular formula is C14H20F2N2O3. The fourth-order valence-corrected chi connectivity index (χ4v) is 1.66. The van der Waals surface area contributed by atoms with Gasteiger partial charge in [-0.25, -0.2) is 0 Å². The summed E-state index contributed by atoms with van der Waals surface area (Å²) in [5, 5.41) is 2.63. The Morgan fingerprint density at radius 1 is 1.38 bits per heavy atom. The van der Waals surface area contributed by atoms with Crippen molar-refractivity contribution in [3.8, 4) is 11.5 Å². The summed E-state index contributed by atoms with van der Waals surface area (Å²) in [5.74, 6) is 0.0958. The summed E-state index contributed by atoms with van der Waals surface area (Å²) < 4.78 is 33.9. The highest BCUT2D eigenvalue weighted by atomic mass is 19.3. The first-order valence-electron chi connectivity index (χ1n) is 6.59. The predicted octanol–water partition coefficient (Wildman–Crippen LogP) is 2.61. The van der Waals surface area contributed by atoms with Gasteiger partial charge in [0, 0.05) is 18.2 Å². The molecule has 0 spiro atoms. The number of amides is 1. The second kappa shape index (κ2) is 8.41. The van der Waals surface area contributed by atoms with Crippen molar-refractivity contribution in [2.45, 2.75) is 26.4 Å². The second-order valence-corrected chi connectivity index (χ2v) is 4.67. The van der Waals surface area contributed by atoms with Gasteiger partial charge in [-0.2, -0.15) is 8.78 Å². The molecule has 118 valence electrons. The molecule has 7 heteroatoms.